The molecule has 22 heavy (non-hydrogen) atoms. The molecule has 2 rings (SSSR count). The van der Waals surface area contributed by atoms with Crippen molar-refractivity contribution in [3.63, 3.8) is 0 Å². The number of para-hydroxylation sites is 1. The molecule has 0 bridgehead atoms. The Bertz CT molecular complexity index is 604. The monoisotopic (exact) mass is 299 g/mol. The van der Waals surface area contributed by atoms with Crippen molar-refractivity contribution in [1.29, 1.82) is 5.26 Å². The highest BCUT2D eigenvalue weighted by Gasteiger charge is 2.47. The summed E-state index contributed by atoms with van der Waals surface area (Å²) in [5.41, 5.74) is 0.926. The number of rotatable bonds is 6. The highest BCUT2D eigenvalue weighted by Crippen LogP contribution is 2.39. The minimum atomic E-state index is -0.286. The van der Waals surface area contributed by atoms with Crippen molar-refractivity contribution >= 4 is 17.5 Å². The van der Waals surface area contributed by atoms with Crippen molar-refractivity contribution in [2.24, 2.45) is 17.8 Å². The van der Waals surface area contributed by atoms with Crippen molar-refractivity contribution in [2.45, 2.75) is 26.7 Å². The summed E-state index contributed by atoms with van der Waals surface area (Å²) in [6, 6.07) is 8.89. The summed E-state index contributed by atoms with van der Waals surface area (Å²) < 4.78 is 0. The van der Waals surface area contributed by atoms with Crippen LogP contribution in [0.25, 0.3) is 0 Å². The average Bonchev–Trinajstić information content (AvgIpc) is 3.28. The van der Waals surface area contributed by atoms with Gasteiger partial charge in [-0.1, -0.05) is 26.0 Å². The van der Waals surface area contributed by atoms with Crippen molar-refractivity contribution < 1.29 is 9.59 Å². The number of anilines is 1. The number of hydrogen-bond donors (Lipinski definition) is 2. The van der Waals surface area contributed by atoms with Crippen LogP contribution in [0.4, 0.5) is 5.69 Å². The van der Waals surface area contributed by atoms with Crippen LogP contribution in [-0.2, 0) is 9.59 Å². The van der Waals surface area contributed by atoms with E-state index in [2.05, 4.69) is 24.5 Å². The molecule has 0 saturated heterocycles. The number of benzene rings is 1. The average molecular weight is 299 g/mol. The number of nitrogens with one attached hydrogen (secondary N) is 2. The summed E-state index contributed by atoms with van der Waals surface area (Å²) in [7, 11) is 0. The van der Waals surface area contributed by atoms with Crippen LogP contribution in [0.15, 0.2) is 24.3 Å². The molecule has 1 aliphatic carbocycles. The molecule has 2 atom stereocenters. The molecule has 5 nitrogen and oxygen atoms in total. The number of amides is 2. The minimum absolute atomic E-state index is 0.0469. The fourth-order valence-corrected chi connectivity index (χ4v) is 2.30. The zero-order valence-electron chi connectivity index (χ0n) is 12.9. The van der Waals surface area contributed by atoms with E-state index in [-0.39, 0.29) is 23.7 Å². The largest absolute Gasteiger partial charge is 0.356 e. The van der Waals surface area contributed by atoms with E-state index in [9.17, 15) is 9.59 Å². The summed E-state index contributed by atoms with van der Waals surface area (Å²) in [5.74, 6) is -0.214. The highest BCUT2D eigenvalue weighted by molar-refractivity contribution is 6.00. The second-order valence-electron chi connectivity index (χ2n) is 6.07. The van der Waals surface area contributed by atoms with Gasteiger partial charge in [-0.15, -0.1) is 0 Å². The molecule has 0 spiro atoms. The second-order valence-corrected chi connectivity index (χ2v) is 6.07. The molecular weight excluding hydrogens is 278 g/mol. The Morgan fingerprint density at radius 3 is 2.64 bits per heavy atom. The van der Waals surface area contributed by atoms with E-state index in [1.165, 1.54) is 0 Å². The molecule has 2 amide bonds. The molecule has 0 radical (unpaired) electrons. The van der Waals surface area contributed by atoms with Crippen molar-refractivity contribution in [2.75, 3.05) is 11.9 Å². The molecule has 1 aliphatic rings. The number of nitrogens with zero attached hydrogens (tertiary/aromatic N) is 1. The van der Waals surface area contributed by atoms with Gasteiger partial charge in [-0.3, -0.25) is 9.59 Å². The van der Waals surface area contributed by atoms with E-state index in [1.807, 2.05) is 6.07 Å². The highest BCUT2D eigenvalue weighted by atomic mass is 16.2. The number of carbonyl (C=O) groups excluding carboxylic acids is 2. The molecular formula is C17H21N3O2. The first-order chi connectivity index (χ1) is 10.5. The van der Waals surface area contributed by atoms with E-state index in [0.29, 0.717) is 30.1 Å². The number of nitriles is 1. The summed E-state index contributed by atoms with van der Waals surface area (Å²) in [5, 5.41) is 14.6. The van der Waals surface area contributed by atoms with Crippen LogP contribution in [0.2, 0.25) is 0 Å². The van der Waals surface area contributed by atoms with Gasteiger partial charge >= 0.3 is 0 Å². The molecule has 1 aromatic carbocycles. The van der Waals surface area contributed by atoms with Gasteiger partial charge in [-0.25, -0.2) is 0 Å². The summed E-state index contributed by atoms with van der Waals surface area (Å²) in [6.07, 6.45) is 1.51. The van der Waals surface area contributed by atoms with Crippen LogP contribution in [0.3, 0.4) is 0 Å². The summed E-state index contributed by atoms with van der Waals surface area (Å²) in [4.78, 5) is 24.1. The molecule has 2 N–H and O–H groups in total. The lowest BCUT2D eigenvalue weighted by molar-refractivity contribution is -0.125. The summed E-state index contributed by atoms with van der Waals surface area (Å²) in [6.45, 7) is 4.86. The molecule has 1 saturated carbocycles. The van der Waals surface area contributed by atoms with Gasteiger partial charge in [-0.2, -0.15) is 5.26 Å². The van der Waals surface area contributed by atoms with E-state index >= 15 is 0 Å². The molecule has 0 aliphatic heterocycles. The lowest BCUT2D eigenvalue weighted by Gasteiger charge is -2.08. The Balaban J connectivity index is 1.83. The minimum Gasteiger partial charge on any atom is -0.356 e. The first kappa shape index (κ1) is 16.0. The zero-order valence-corrected chi connectivity index (χ0v) is 12.9. The van der Waals surface area contributed by atoms with Gasteiger partial charge in [0.25, 0.3) is 0 Å². The molecule has 5 heteroatoms. The molecule has 0 heterocycles. The van der Waals surface area contributed by atoms with Gasteiger partial charge in [0, 0.05) is 6.54 Å². The predicted molar refractivity (Wildman–Crippen MR) is 83.8 cm³/mol. The third kappa shape index (κ3) is 4.08. The van der Waals surface area contributed by atoms with E-state index < -0.39 is 0 Å². The third-order valence-corrected chi connectivity index (χ3v) is 3.79. The molecule has 0 aromatic heterocycles. The first-order valence-corrected chi connectivity index (χ1v) is 7.60. The summed E-state index contributed by atoms with van der Waals surface area (Å²) >= 11 is 0. The Kier molecular flexibility index (Phi) is 5.16. The van der Waals surface area contributed by atoms with Crippen LogP contribution in [0.5, 0.6) is 0 Å². The van der Waals surface area contributed by atoms with Crippen molar-refractivity contribution in [3.8, 4) is 6.07 Å². The van der Waals surface area contributed by atoms with Gasteiger partial charge in [0.15, 0.2) is 0 Å². The van der Waals surface area contributed by atoms with E-state index in [4.69, 9.17) is 5.26 Å². The van der Waals surface area contributed by atoms with Crippen LogP contribution >= 0.6 is 0 Å². The normalized spacial score (nSPS) is 19.4. The fraction of sp³-hybridized carbons (Fsp3) is 0.471. The van der Waals surface area contributed by atoms with Crippen molar-refractivity contribution in [3.05, 3.63) is 29.8 Å². The molecule has 1 fully saturated rings. The van der Waals surface area contributed by atoms with Crippen LogP contribution in [0.1, 0.15) is 32.3 Å². The maximum Gasteiger partial charge on any atom is 0.228 e. The maximum absolute atomic E-state index is 12.1. The Hall–Kier alpha value is -2.35. The van der Waals surface area contributed by atoms with Gasteiger partial charge in [0.05, 0.1) is 23.1 Å². The second kappa shape index (κ2) is 7.08. The number of carbonyl (C=O) groups is 2. The smallest absolute Gasteiger partial charge is 0.228 e. The van der Waals surface area contributed by atoms with Gasteiger partial charge in [0.1, 0.15) is 6.07 Å². The standard InChI is InChI=1S/C17H21N3O2/c1-11(2)7-8-19-16(21)13-9-14(13)17(22)20-15-6-4-3-5-12(15)10-18/h3-6,11,13-14H,7-9H2,1-2H3,(H,19,21)(H,20,22). The van der Waals surface area contributed by atoms with Gasteiger partial charge in [0.2, 0.25) is 11.8 Å². The van der Waals surface area contributed by atoms with Crippen molar-refractivity contribution in [1.82, 2.24) is 5.32 Å². The molecule has 2 unspecified atom stereocenters. The van der Waals surface area contributed by atoms with E-state index in [1.54, 1.807) is 24.3 Å². The number of hydrogen-bond acceptors (Lipinski definition) is 3. The van der Waals surface area contributed by atoms with E-state index in [0.717, 1.165) is 6.42 Å². The predicted octanol–water partition coefficient (Wildman–Crippen LogP) is 2.30. The Morgan fingerprint density at radius 1 is 1.27 bits per heavy atom. The Labute approximate surface area is 130 Å². The van der Waals surface area contributed by atoms with Crippen LogP contribution in [0, 0.1) is 29.1 Å². The SMILES string of the molecule is CC(C)CCNC(=O)C1CC1C(=O)Nc1ccccc1C#N. The fourth-order valence-electron chi connectivity index (χ4n) is 2.30. The van der Waals surface area contributed by atoms with Crippen LogP contribution in [-0.4, -0.2) is 18.4 Å². The van der Waals surface area contributed by atoms with Gasteiger partial charge in [-0.05, 0) is 30.9 Å². The molecule has 1 aromatic rings. The van der Waals surface area contributed by atoms with Gasteiger partial charge < -0.3 is 10.6 Å². The molecule has 116 valence electrons. The topological polar surface area (TPSA) is 82.0 Å². The first-order valence-electron chi connectivity index (χ1n) is 7.60. The maximum atomic E-state index is 12.1. The van der Waals surface area contributed by atoms with Crippen LogP contribution < -0.4 is 10.6 Å². The lowest BCUT2D eigenvalue weighted by Crippen LogP contribution is -2.28. The lowest BCUT2D eigenvalue weighted by atomic mass is 10.1. The quantitative estimate of drug-likeness (QED) is 0.845. The third-order valence-electron chi connectivity index (χ3n) is 3.79. The Morgan fingerprint density at radius 2 is 1.95 bits per heavy atom. The zero-order chi connectivity index (χ0) is 16.1.